The Balaban J connectivity index is 1.25. The Morgan fingerprint density at radius 1 is 0.938 bits per heavy atom. The molecular formula is C22H24N8O2. The minimum Gasteiger partial charge on any atom is -0.340 e. The topological polar surface area (TPSA) is 94.1 Å². The zero-order valence-electron chi connectivity index (χ0n) is 17.8. The smallest absolute Gasteiger partial charge is 0.266 e. The van der Waals surface area contributed by atoms with Crippen molar-refractivity contribution in [3.63, 3.8) is 0 Å². The maximum atomic E-state index is 12.7. The summed E-state index contributed by atoms with van der Waals surface area (Å²) in [6.45, 7) is 4.36. The van der Waals surface area contributed by atoms with Gasteiger partial charge < -0.3 is 4.90 Å². The van der Waals surface area contributed by atoms with Crippen LogP contribution in [0.2, 0.25) is 0 Å². The predicted molar refractivity (Wildman–Crippen MR) is 121 cm³/mol. The Hall–Kier alpha value is -3.79. The largest absolute Gasteiger partial charge is 0.340 e. The summed E-state index contributed by atoms with van der Waals surface area (Å²) in [5.74, 6) is 1.31. The first-order valence-corrected chi connectivity index (χ1v) is 10.6. The second-order valence-corrected chi connectivity index (χ2v) is 7.83. The summed E-state index contributed by atoms with van der Waals surface area (Å²) in [7, 11) is 1.77. The highest BCUT2D eigenvalue weighted by molar-refractivity contribution is 5.78. The van der Waals surface area contributed by atoms with Gasteiger partial charge in [-0.3, -0.25) is 19.1 Å². The maximum Gasteiger partial charge on any atom is 0.266 e. The van der Waals surface area contributed by atoms with Gasteiger partial charge in [0, 0.05) is 58.2 Å². The van der Waals surface area contributed by atoms with E-state index >= 15 is 0 Å². The third-order valence-corrected chi connectivity index (χ3v) is 5.83. The third-order valence-electron chi connectivity index (χ3n) is 5.83. The highest BCUT2D eigenvalue weighted by atomic mass is 16.1. The van der Waals surface area contributed by atoms with Crippen molar-refractivity contribution in [2.45, 2.75) is 6.54 Å². The lowest BCUT2D eigenvalue weighted by Crippen LogP contribution is -2.49. The molecule has 0 bridgehead atoms. The lowest BCUT2D eigenvalue weighted by molar-refractivity contribution is 0.241. The molecule has 5 rings (SSSR count). The van der Waals surface area contributed by atoms with E-state index in [-0.39, 0.29) is 11.1 Å². The maximum absolute atomic E-state index is 12.7. The Morgan fingerprint density at radius 3 is 2.53 bits per heavy atom. The predicted octanol–water partition coefficient (Wildman–Crippen LogP) is 0.498. The number of anilines is 1. The van der Waals surface area contributed by atoms with Crippen molar-refractivity contribution in [2.24, 2.45) is 7.05 Å². The van der Waals surface area contributed by atoms with E-state index in [1.54, 1.807) is 34.8 Å². The summed E-state index contributed by atoms with van der Waals surface area (Å²) in [6.07, 6.45) is 3.47. The monoisotopic (exact) mass is 432 g/mol. The van der Waals surface area contributed by atoms with Gasteiger partial charge in [-0.2, -0.15) is 5.10 Å². The summed E-state index contributed by atoms with van der Waals surface area (Å²) < 4.78 is 4.75. The fraction of sp³-hybridized carbons (Fsp3) is 0.318. The number of hydrogen-bond acceptors (Lipinski definition) is 7. The van der Waals surface area contributed by atoms with Gasteiger partial charge in [-0.15, -0.1) is 5.10 Å². The Morgan fingerprint density at radius 2 is 1.75 bits per heavy atom. The minimum absolute atomic E-state index is 0.0319. The lowest BCUT2D eigenvalue weighted by Gasteiger charge is -2.35. The van der Waals surface area contributed by atoms with E-state index in [1.807, 2.05) is 30.3 Å². The summed E-state index contributed by atoms with van der Waals surface area (Å²) in [4.78, 5) is 34.1. The van der Waals surface area contributed by atoms with E-state index in [4.69, 9.17) is 4.98 Å². The molecule has 0 saturated carbocycles. The van der Waals surface area contributed by atoms with Gasteiger partial charge in [0.25, 0.3) is 11.1 Å². The van der Waals surface area contributed by atoms with Gasteiger partial charge in [0.2, 0.25) is 5.95 Å². The van der Waals surface area contributed by atoms with Gasteiger partial charge in [0.1, 0.15) is 0 Å². The SMILES string of the molecule is Cn1c(N2CCN(CCn3nc(-n4cccn4)ccc3=O)CC2)nc2ccccc2c1=O. The Bertz CT molecular complexity index is 1350. The molecule has 1 aliphatic heterocycles. The molecule has 0 radical (unpaired) electrons. The first kappa shape index (κ1) is 20.1. The molecule has 0 spiro atoms. The van der Waals surface area contributed by atoms with Crippen molar-refractivity contribution in [1.29, 1.82) is 0 Å². The zero-order valence-corrected chi connectivity index (χ0v) is 17.8. The summed E-state index contributed by atoms with van der Waals surface area (Å²) >= 11 is 0. The van der Waals surface area contributed by atoms with Crippen LogP contribution in [0.5, 0.6) is 0 Å². The van der Waals surface area contributed by atoms with Crippen molar-refractivity contribution in [2.75, 3.05) is 37.6 Å². The standard InChI is InChI=1S/C22H24N8O2/c1-26-21(32)17-5-2-3-6-18(17)24-22(26)28-14-11-27(12-15-28)13-16-30-20(31)8-7-19(25-30)29-10-4-9-23-29/h2-10H,11-16H2,1H3. The van der Waals surface area contributed by atoms with Crippen LogP contribution in [0.3, 0.4) is 0 Å². The molecule has 0 atom stereocenters. The van der Waals surface area contributed by atoms with E-state index in [0.717, 1.165) is 31.7 Å². The van der Waals surface area contributed by atoms with Crippen LogP contribution in [0.25, 0.3) is 16.7 Å². The summed E-state index contributed by atoms with van der Waals surface area (Å²) in [6, 6.07) is 12.4. The molecule has 1 fully saturated rings. The average molecular weight is 432 g/mol. The quantitative estimate of drug-likeness (QED) is 0.453. The van der Waals surface area contributed by atoms with E-state index in [2.05, 4.69) is 20.0 Å². The molecule has 4 heterocycles. The van der Waals surface area contributed by atoms with Crippen LogP contribution in [0.1, 0.15) is 0 Å². The molecule has 32 heavy (non-hydrogen) atoms. The summed E-state index contributed by atoms with van der Waals surface area (Å²) in [5, 5.41) is 9.23. The number of fused-ring (bicyclic) bond motifs is 1. The molecule has 0 aliphatic carbocycles. The van der Waals surface area contributed by atoms with Crippen molar-refractivity contribution >= 4 is 16.9 Å². The molecule has 4 aromatic rings. The number of piperazine rings is 1. The van der Waals surface area contributed by atoms with Crippen LogP contribution < -0.4 is 16.0 Å². The Labute approximate surface area is 183 Å². The van der Waals surface area contributed by atoms with Gasteiger partial charge >= 0.3 is 0 Å². The molecule has 1 aromatic carbocycles. The fourth-order valence-corrected chi connectivity index (χ4v) is 4.02. The second kappa shape index (κ2) is 8.39. The molecule has 0 amide bonds. The van der Waals surface area contributed by atoms with Gasteiger partial charge in [0.15, 0.2) is 5.82 Å². The van der Waals surface area contributed by atoms with Crippen molar-refractivity contribution in [1.82, 2.24) is 34.0 Å². The number of hydrogen-bond donors (Lipinski definition) is 0. The zero-order chi connectivity index (χ0) is 22.1. The molecule has 1 saturated heterocycles. The summed E-state index contributed by atoms with van der Waals surface area (Å²) in [5.41, 5.74) is 0.556. The molecule has 164 valence electrons. The molecule has 10 heteroatoms. The first-order valence-electron chi connectivity index (χ1n) is 10.6. The van der Waals surface area contributed by atoms with Crippen molar-refractivity contribution < 1.29 is 0 Å². The van der Waals surface area contributed by atoms with Gasteiger partial charge in [0.05, 0.1) is 17.4 Å². The first-order chi connectivity index (χ1) is 15.6. The minimum atomic E-state index is -0.130. The third kappa shape index (κ3) is 3.80. The van der Waals surface area contributed by atoms with Crippen molar-refractivity contribution in [3.8, 4) is 5.82 Å². The van der Waals surface area contributed by atoms with Gasteiger partial charge in [-0.25, -0.2) is 14.3 Å². The number of aromatic nitrogens is 6. The molecule has 1 aliphatic rings. The fourth-order valence-electron chi connectivity index (χ4n) is 4.02. The normalized spacial score (nSPS) is 14.8. The molecular weight excluding hydrogens is 408 g/mol. The van der Waals surface area contributed by atoms with Crippen LogP contribution in [0.4, 0.5) is 5.95 Å². The van der Waals surface area contributed by atoms with Crippen molar-refractivity contribution in [3.05, 3.63) is 75.6 Å². The Kier molecular flexibility index (Phi) is 5.28. The van der Waals surface area contributed by atoms with Crippen LogP contribution in [-0.4, -0.2) is 66.7 Å². The number of benzene rings is 1. The second-order valence-electron chi connectivity index (χ2n) is 7.83. The van der Waals surface area contributed by atoms with Crippen LogP contribution in [0.15, 0.2) is 64.4 Å². The lowest BCUT2D eigenvalue weighted by atomic mass is 10.2. The average Bonchev–Trinajstić information content (AvgIpc) is 3.36. The number of rotatable bonds is 5. The molecule has 10 nitrogen and oxygen atoms in total. The van der Waals surface area contributed by atoms with E-state index < -0.39 is 0 Å². The molecule has 3 aromatic heterocycles. The number of para-hydroxylation sites is 1. The van der Waals surface area contributed by atoms with Gasteiger partial charge in [-0.1, -0.05) is 12.1 Å². The molecule has 0 N–H and O–H groups in total. The van der Waals surface area contributed by atoms with Crippen LogP contribution in [-0.2, 0) is 13.6 Å². The van der Waals surface area contributed by atoms with E-state index in [0.29, 0.717) is 30.2 Å². The van der Waals surface area contributed by atoms with Gasteiger partial charge in [-0.05, 0) is 24.3 Å². The van der Waals surface area contributed by atoms with Crippen LogP contribution >= 0.6 is 0 Å². The highest BCUT2D eigenvalue weighted by Gasteiger charge is 2.21. The van der Waals surface area contributed by atoms with Crippen LogP contribution in [0, 0.1) is 0 Å². The van der Waals surface area contributed by atoms with E-state index in [9.17, 15) is 9.59 Å². The van der Waals surface area contributed by atoms with E-state index in [1.165, 1.54) is 10.7 Å². The number of nitrogens with zero attached hydrogens (tertiary/aromatic N) is 8. The molecule has 0 unspecified atom stereocenters. The highest BCUT2D eigenvalue weighted by Crippen LogP contribution is 2.16.